The molecule has 0 bridgehead atoms. The third kappa shape index (κ3) is 3.47. The van der Waals surface area contributed by atoms with E-state index in [1.165, 1.54) is 12.8 Å². The summed E-state index contributed by atoms with van der Waals surface area (Å²) < 4.78 is 12.8. The van der Waals surface area contributed by atoms with Crippen LogP contribution in [0.15, 0.2) is 18.2 Å². The summed E-state index contributed by atoms with van der Waals surface area (Å²) in [6.45, 7) is 4.25. The molecular formula is C19H23ClN2O3. The van der Waals surface area contributed by atoms with Crippen LogP contribution >= 0.6 is 11.6 Å². The standard InChI is InChI=1S/C19H23ClN2O3/c1-11-7-14(12(2)22(11)13-5-6-13)17(23)10-21-16-9-18(24-3)15(20)8-19(16)25-4/h7-9,13,21H,5-6,10H2,1-4H3. The maximum Gasteiger partial charge on any atom is 0.183 e. The van der Waals surface area contributed by atoms with Crippen molar-refractivity contribution in [3.63, 3.8) is 0 Å². The zero-order chi connectivity index (χ0) is 18.1. The molecule has 134 valence electrons. The number of methoxy groups -OCH3 is 2. The highest BCUT2D eigenvalue weighted by atomic mass is 35.5. The van der Waals surface area contributed by atoms with Gasteiger partial charge in [-0.2, -0.15) is 0 Å². The number of halogens is 1. The van der Waals surface area contributed by atoms with Crippen LogP contribution < -0.4 is 14.8 Å². The number of carbonyl (C=O) groups excluding carboxylic acids is 1. The molecule has 1 heterocycles. The normalized spacial score (nSPS) is 13.6. The van der Waals surface area contributed by atoms with Crippen LogP contribution in [-0.2, 0) is 0 Å². The summed E-state index contributed by atoms with van der Waals surface area (Å²) >= 11 is 6.11. The molecule has 3 rings (SSSR count). The van der Waals surface area contributed by atoms with Gasteiger partial charge in [-0.15, -0.1) is 0 Å². The summed E-state index contributed by atoms with van der Waals surface area (Å²) in [6.07, 6.45) is 2.40. The van der Waals surface area contributed by atoms with Crippen LogP contribution in [0.1, 0.15) is 40.6 Å². The van der Waals surface area contributed by atoms with Gasteiger partial charge in [-0.3, -0.25) is 4.79 Å². The predicted octanol–water partition coefficient (Wildman–Crippen LogP) is 4.41. The van der Waals surface area contributed by atoms with Crippen molar-refractivity contribution in [2.24, 2.45) is 0 Å². The van der Waals surface area contributed by atoms with E-state index in [1.807, 2.05) is 13.0 Å². The molecule has 1 N–H and O–H groups in total. The summed E-state index contributed by atoms with van der Waals surface area (Å²) in [6, 6.07) is 5.96. The van der Waals surface area contributed by atoms with Crippen LogP contribution in [0.3, 0.4) is 0 Å². The van der Waals surface area contributed by atoms with Gasteiger partial charge in [0, 0.05) is 35.1 Å². The molecule has 1 aliphatic rings. The monoisotopic (exact) mass is 362 g/mol. The number of benzene rings is 1. The van der Waals surface area contributed by atoms with Gasteiger partial charge in [0.25, 0.3) is 0 Å². The number of carbonyl (C=O) groups is 1. The number of aryl methyl sites for hydroxylation is 1. The van der Waals surface area contributed by atoms with E-state index in [2.05, 4.69) is 16.8 Å². The second kappa shape index (κ2) is 7.00. The Labute approximate surface area is 152 Å². The average Bonchev–Trinajstić information content (AvgIpc) is 3.38. The quantitative estimate of drug-likeness (QED) is 0.741. The van der Waals surface area contributed by atoms with Crippen molar-refractivity contribution in [2.45, 2.75) is 32.7 Å². The maximum atomic E-state index is 12.7. The number of rotatable bonds is 7. The van der Waals surface area contributed by atoms with Crippen LogP contribution in [0.25, 0.3) is 0 Å². The van der Waals surface area contributed by atoms with Crippen molar-refractivity contribution in [3.05, 3.63) is 40.2 Å². The third-order valence-electron chi connectivity index (χ3n) is 4.61. The summed E-state index contributed by atoms with van der Waals surface area (Å²) in [4.78, 5) is 12.7. The zero-order valence-electron chi connectivity index (χ0n) is 15.0. The molecule has 1 saturated carbocycles. The van der Waals surface area contributed by atoms with Crippen molar-refractivity contribution in [1.82, 2.24) is 4.57 Å². The van der Waals surface area contributed by atoms with Gasteiger partial charge >= 0.3 is 0 Å². The summed E-state index contributed by atoms with van der Waals surface area (Å²) in [5.74, 6) is 1.15. The number of aromatic nitrogens is 1. The second-order valence-corrected chi connectivity index (χ2v) is 6.76. The molecular weight excluding hydrogens is 340 g/mol. The molecule has 6 heteroatoms. The smallest absolute Gasteiger partial charge is 0.183 e. The first kappa shape index (κ1) is 17.7. The highest BCUT2D eigenvalue weighted by Gasteiger charge is 2.28. The molecule has 0 amide bonds. The highest BCUT2D eigenvalue weighted by molar-refractivity contribution is 6.32. The fourth-order valence-electron chi connectivity index (χ4n) is 3.22. The first-order valence-electron chi connectivity index (χ1n) is 8.33. The minimum absolute atomic E-state index is 0.0518. The second-order valence-electron chi connectivity index (χ2n) is 6.35. The molecule has 0 aliphatic heterocycles. The molecule has 0 radical (unpaired) electrons. The fourth-order valence-corrected chi connectivity index (χ4v) is 3.45. The number of hydrogen-bond donors (Lipinski definition) is 1. The number of ether oxygens (including phenoxy) is 2. The van der Waals surface area contributed by atoms with Gasteiger partial charge in [-0.05, 0) is 32.8 Å². The molecule has 0 saturated heterocycles. The number of nitrogens with one attached hydrogen (secondary N) is 1. The van der Waals surface area contributed by atoms with Crippen molar-refractivity contribution in [2.75, 3.05) is 26.1 Å². The van der Waals surface area contributed by atoms with Crippen molar-refractivity contribution < 1.29 is 14.3 Å². The average molecular weight is 363 g/mol. The van der Waals surface area contributed by atoms with Gasteiger partial charge in [-0.1, -0.05) is 11.6 Å². The Morgan fingerprint density at radius 2 is 1.88 bits per heavy atom. The van der Waals surface area contributed by atoms with Gasteiger partial charge in [0.15, 0.2) is 5.78 Å². The van der Waals surface area contributed by atoms with Crippen LogP contribution in [0.4, 0.5) is 5.69 Å². The number of Topliss-reactive ketones (excluding diaryl/α,β-unsaturated/α-hetero) is 1. The van der Waals surface area contributed by atoms with Crippen molar-refractivity contribution in [1.29, 1.82) is 0 Å². The van der Waals surface area contributed by atoms with Gasteiger partial charge in [-0.25, -0.2) is 0 Å². The number of anilines is 1. The van der Waals surface area contributed by atoms with Crippen LogP contribution in [0.5, 0.6) is 11.5 Å². The molecule has 2 aromatic rings. The van der Waals surface area contributed by atoms with Gasteiger partial charge in [0.05, 0.1) is 31.5 Å². The lowest BCUT2D eigenvalue weighted by atomic mass is 10.1. The summed E-state index contributed by atoms with van der Waals surface area (Å²) in [5.41, 5.74) is 3.64. The van der Waals surface area contributed by atoms with E-state index in [9.17, 15) is 4.79 Å². The lowest BCUT2D eigenvalue weighted by molar-refractivity contribution is 0.101. The van der Waals surface area contributed by atoms with Gasteiger partial charge in [0.2, 0.25) is 0 Å². The zero-order valence-corrected chi connectivity index (χ0v) is 15.7. The Hall–Kier alpha value is -2.14. The van der Waals surface area contributed by atoms with E-state index in [1.54, 1.807) is 26.4 Å². The van der Waals surface area contributed by atoms with E-state index >= 15 is 0 Å². The molecule has 1 aliphatic carbocycles. The SMILES string of the molecule is COc1cc(NCC(=O)c2cc(C)n(C3CC3)c2C)c(OC)cc1Cl. The van der Waals surface area contributed by atoms with Crippen LogP contribution in [-0.4, -0.2) is 31.1 Å². The predicted molar refractivity (Wildman–Crippen MR) is 99.6 cm³/mol. The first-order valence-corrected chi connectivity index (χ1v) is 8.71. The molecule has 0 spiro atoms. The van der Waals surface area contributed by atoms with E-state index < -0.39 is 0 Å². The molecule has 0 unspecified atom stereocenters. The third-order valence-corrected chi connectivity index (χ3v) is 4.91. The van der Waals surface area contributed by atoms with Crippen LogP contribution in [0, 0.1) is 13.8 Å². The Balaban J connectivity index is 1.78. The van der Waals surface area contributed by atoms with Crippen LogP contribution in [0.2, 0.25) is 5.02 Å². The lowest BCUT2D eigenvalue weighted by Crippen LogP contribution is -2.15. The molecule has 0 atom stereocenters. The van der Waals surface area contributed by atoms with Gasteiger partial charge in [0.1, 0.15) is 11.5 Å². The Morgan fingerprint density at radius 1 is 1.20 bits per heavy atom. The Kier molecular flexibility index (Phi) is 4.95. The molecule has 1 aromatic heterocycles. The summed E-state index contributed by atoms with van der Waals surface area (Å²) in [7, 11) is 3.11. The minimum Gasteiger partial charge on any atom is -0.495 e. The number of hydrogen-bond acceptors (Lipinski definition) is 4. The number of nitrogens with zero attached hydrogens (tertiary/aromatic N) is 1. The molecule has 1 fully saturated rings. The fraction of sp³-hybridized carbons (Fsp3) is 0.421. The molecule has 1 aromatic carbocycles. The highest BCUT2D eigenvalue weighted by Crippen LogP contribution is 2.39. The topological polar surface area (TPSA) is 52.5 Å². The summed E-state index contributed by atoms with van der Waals surface area (Å²) in [5, 5.41) is 3.60. The molecule has 5 nitrogen and oxygen atoms in total. The number of ketones is 1. The Morgan fingerprint density at radius 3 is 2.48 bits per heavy atom. The first-order chi connectivity index (χ1) is 12.0. The van der Waals surface area contributed by atoms with E-state index in [0.717, 1.165) is 17.0 Å². The molecule has 25 heavy (non-hydrogen) atoms. The van der Waals surface area contributed by atoms with E-state index in [-0.39, 0.29) is 12.3 Å². The largest absolute Gasteiger partial charge is 0.495 e. The van der Waals surface area contributed by atoms with Crippen molar-refractivity contribution in [3.8, 4) is 11.5 Å². The Bertz CT molecular complexity index is 809. The maximum absolute atomic E-state index is 12.7. The minimum atomic E-state index is 0.0518. The van der Waals surface area contributed by atoms with E-state index in [4.69, 9.17) is 21.1 Å². The van der Waals surface area contributed by atoms with E-state index in [0.29, 0.717) is 28.3 Å². The van der Waals surface area contributed by atoms with Crippen molar-refractivity contribution >= 4 is 23.1 Å². The van der Waals surface area contributed by atoms with Gasteiger partial charge < -0.3 is 19.4 Å². The lowest BCUT2D eigenvalue weighted by Gasteiger charge is -2.13.